The van der Waals surface area contributed by atoms with Gasteiger partial charge in [-0.3, -0.25) is 10.1 Å². The Kier molecular flexibility index (Phi) is 6.23. The van der Waals surface area contributed by atoms with Crippen molar-refractivity contribution in [2.45, 2.75) is 25.8 Å². The largest absolute Gasteiger partial charge is 0.457 e. The van der Waals surface area contributed by atoms with Crippen molar-refractivity contribution in [1.82, 2.24) is 0 Å². The molecule has 0 spiro atoms. The second-order valence-electron chi connectivity index (χ2n) is 5.96. The van der Waals surface area contributed by atoms with Crippen molar-refractivity contribution >= 4 is 41.5 Å². The van der Waals surface area contributed by atoms with E-state index in [0.717, 1.165) is 0 Å². The van der Waals surface area contributed by atoms with Gasteiger partial charge in [-0.1, -0.05) is 26.0 Å². The molecule has 24 heavy (non-hydrogen) atoms. The van der Waals surface area contributed by atoms with Gasteiger partial charge >= 0.3 is 0 Å². The Morgan fingerprint density at radius 2 is 1.83 bits per heavy atom. The van der Waals surface area contributed by atoms with E-state index in [1.54, 1.807) is 0 Å². The molecule has 0 radical (unpaired) electrons. The lowest BCUT2D eigenvalue weighted by Crippen LogP contribution is -2.28. The van der Waals surface area contributed by atoms with E-state index in [9.17, 15) is 15.2 Å². The summed E-state index contributed by atoms with van der Waals surface area (Å²) in [5.41, 5.74) is 1.31. The number of ether oxygens (including phenoxy) is 1. The molecule has 0 bridgehead atoms. The first-order valence-corrected chi connectivity index (χ1v) is 9.23. The van der Waals surface area contributed by atoms with Crippen LogP contribution in [0, 0.1) is 10.1 Å². The molecule has 0 fully saturated rings. The molecule has 0 heterocycles. The number of benzene rings is 2. The van der Waals surface area contributed by atoms with Crippen molar-refractivity contribution < 1.29 is 14.8 Å². The summed E-state index contributed by atoms with van der Waals surface area (Å²) in [6.45, 7) is 3.94. The minimum atomic E-state index is -0.518. The number of nitrogens with zero attached hydrogens (tertiary/aromatic N) is 1. The molecule has 126 valence electrons. The average Bonchev–Trinajstić information content (AvgIpc) is 2.54. The molecule has 8 heteroatoms. The van der Waals surface area contributed by atoms with E-state index in [4.69, 9.17) is 4.74 Å². The van der Waals surface area contributed by atoms with Crippen molar-refractivity contribution in [3.63, 3.8) is 0 Å². The van der Waals surface area contributed by atoms with Crippen LogP contribution < -0.4 is 4.74 Å². The van der Waals surface area contributed by atoms with Gasteiger partial charge in [-0.15, -0.1) is 22.4 Å². The lowest BCUT2D eigenvalue weighted by Gasteiger charge is -2.26. The number of rotatable bonds is 6. The summed E-state index contributed by atoms with van der Waals surface area (Å²) in [6, 6.07) is 12.1. The van der Waals surface area contributed by atoms with Gasteiger partial charge in [0.25, 0.3) is 5.69 Å². The third-order valence-corrected chi connectivity index (χ3v) is 6.33. The highest BCUT2D eigenvalue weighted by Gasteiger charge is 2.29. The predicted octanol–water partition coefficient (Wildman–Crippen LogP) is 4.49. The van der Waals surface area contributed by atoms with Crippen LogP contribution in [-0.2, 0) is 11.9 Å². The average molecular weight is 457 g/mol. The summed E-state index contributed by atoms with van der Waals surface area (Å²) in [5, 5.41) is 20.2. The van der Waals surface area contributed by atoms with Crippen LogP contribution in [-0.4, -0.2) is 14.3 Å². The molecule has 0 aliphatic heterocycles. The fourth-order valence-corrected chi connectivity index (χ4v) is 2.73. The quantitative estimate of drug-likeness (QED) is 0.228. The highest BCUT2D eigenvalue weighted by molar-refractivity contribution is 14.1. The van der Waals surface area contributed by atoms with Crippen LogP contribution in [0.4, 0.5) is 5.69 Å². The Hall–Kier alpha value is -1.18. The highest BCUT2D eigenvalue weighted by atomic mass is 127. The Balaban J connectivity index is 2.22. The van der Waals surface area contributed by atoms with E-state index in [1.165, 1.54) is 23.8 Å². The fraction of sp³-hybridized carbons (Fsp3) is 0.250. The van der Waals surface area contributed by atoms with Gasteiger partial charge in [-0.2, -0.15) is 9.12 Å². The standard InChI is InChI=1S/C16H18BINO4P/c1-16(2,17(18)24)12-3-5-13(6-4-12)23-14-7-8-15(19(21)22)11(9-14)10-20/h3-9,20H,10,24H2,1-2H3. The van der Waals surface area contributed by atoms with Gasteiger partial charge in [0.1, 0.15) is 11.5 Å². The summed E-state index contributed by atoms with van der Waals surface area (Å²) in [7, 11) is 2.82. The topological polar surface area (TPSA) is 72.6 Å². The minimum absolute atomic E-state index is 0.0151. The Labute approximate surface area is 157 Å². The monoisotopic (exact) mass is 457 g/mol. The van der Waals surface area contributed by atoms with Crippen molar-refractivity contribution in [2.75, 3.05) is 0 Å². The molecule has 0 aliphatic rings. The summed E-state index contributed by atoms with van der Waals surface area (Å²) in [6.07, 6.45) is 0. The predicted molar refractivity (Wildman–Crippen MR) is 108 cm³/mol. The number of halogens is 1. The first-order chi connectivity index (χ1) is 11.3. The van der Waals surface area contributed by atoms with Gasteiger partial charge in [0.05, 0.1) is 17.1 Å². The van der Waals surface area contributed by atoms with Crippen molar-refractivity contribution in [3.8, 4) is 11.5 Å². The van der Waals surface area contributed by atoms with E-state index in [1.807, 2.05) is 24.3 Å². The normalized spacial score (nSPS) is 11.2. The number of nitro groups is 1. The molecule has 0 saturated carbocycles. The van der Waals surface area contributed by atoms with Crippen molar-refractivity contribution in [3.05, 3.63) is 63.7 Å². The first-order valence-electron chi connectivity index (χ1n) is 7.32. The molecule has 2 aromatic carbocycles. The number of aliphatic hydroxyl groups is 1. The minimum Gasteiger partial charge on any atom is -0.457 e. The maximum atomic E-state index is 10.9. The summed E-state index contributed by atoms with van der Waals surface area (Å²) in [5.74, 6) is 1.09. The van der Waals surface area contributed by atoms with E-state index in [-0.39, 0.29) is 16.6 Å². The molecule has 1 atom stereocenters. The second-order valence-corrected chi connectivity index (χ2v) is 9.32. The van der Waals surface area contributed by atoms with Crippen molar-refractivity contribution in [2.24, 2.45) is 0 Å². The SMILES string of the molecule is CC(C)(B(P)I)c1ccc(Oc2ccc([N+](=O)[O-])c(CO)c2)cc1. The Morgan fingerprint density at radius 3 is 2.33 bits per heavy atom. The van der Waals surface area contributed by atoms with Gasteiger partial charge in [0, 0.05) is 6.07 Å². The maximum absolute atomic E-state index is 10.9. The Morgan fingerprint density at radius 1 is 1.25 bits per heavy atom. The van der Waals surface area contributed by atoms with Gasteiger partial charge in [-0.05, 0) is 35.1 Å². The summed E-state index contributed by atoms with van der Waals surface area (Å²) in [4.78, 5) is 10.4. The third kappa shape index (κ3) is 4.26. The van der Waals surface area contributed by atoms with Gasteiger partial charge in [-0.25, -0.2) is 0 Å². The van der Waals surface area contributed by atoms with E-state index in [0.29, 0.717) is 15.8 Å². The molecule has 1 unspecified atom stereocenters. The molecule has 2 aromatic rings. The van der Waals surface area contributed by atoms with Crippen LogP contribution in [0.1, 0.15) is 25.0 Å². The smallest absolute Gasteiger partial charge is 0.275 e. The van der Waals surface area contributed by atoms with Gasteiger partial charge < -0.3 is 9.84 Å². The molecule has 2 rings (SSSR count). The third-order valence-electron chi connectivity index (χ3n) is 3.94. The zero-order valence-electron chi connectivity index (χ0n) is 13.4. The first kappa shape index (κ1) is 19.2. The van der Waals surface area contributed by atoms with Crippen LogP contribution in [0.5, 0.6) is 11.5 Å². The zero-order valence-corrected chi connectivity index (χ0v) is 16.7. The summed E-state index contributed by atoms with van der Waals surface area (Å²) >= 11 is 2.39. The second kappa shape index (κ2) is 7.80. The van der Waals surface area contributed by atoms with Crippen LogP contribution in [0.2, 0.25) is 0 Å². The van der Waals surface area contributed by atoms with E-state index in [2.05, 4.69) is 45.3 Å². The molecule has 5 nitrogen and oxygen atoms in total. The van der Waals surface area contributed by atoms with Crippen LogP contribution in [0.3, 0.4) is 0 Å². The van der Waals surface area contributed by atoms with Crippen LogP contribution in [0.15, 0.2) is 42.5 Å². The summed E-state index contributed by atoms with van der Waals surface area (Å²) < 4.78 is 6.14. The number of aliphatic hydroxyl groups excluding tert-OH is 1. The Bertz CT molecular complexity index is 737. The van der Waals surface area contributed by atoms with E-state index >= 15 is 0 Å². The molecule has 0 aliphatic carbocycles. The number of hydrogen-bond donors (Lipinski definition) is 1. The van der Waals surface area contributed by atoms with Crippen LogP contribution >= 0.6 is 31.5 Å². The molecule has 0 aromatic heterocycles. The molecular weight excluding hydrogens is 439 g/mol. The van der Waals surface area contributed by atoms with Gasteiger partial charge in [0.15, 0.2) is 0 Å². The molecule has 0 saturated heterocycles. The van der Waals surface area contributed by atoms with Gasteiger partial charge in [0.2, 0.25) is 4.29 Å². The molecular formula is C16H18BINO4P. The lowest BCUT2D eigenvalue weighted by molar-refractivity contribution is -0.385. The van der Waals surface area contributed by atoms with Crippen molar-refractivity contribution in [1.29, 1.82) is 0 Å². The molecule has 0 amide bonds. The fourth-order valence-electron chi connectivity index (χ4n) is 2.18. The number of hydrogen-bond acceptors (Lipinski definition) is 4. The van der Waals surface area contributed by atoms with Crippen LogP contribution in [0.25, 0.3) is 0 Å². The zero-order chi connectivity index (χ0) is 17.9. The maximum Gasteiger partial charge on any atom is 0.275 e. The highest BCUT2D eigenvalue weighted by Crippen LogP contribution is 2.34. The lowest BCUT2D eigenvalue weighted by atomic mass is 9.66. The number of nitro benzene ring substituents is 1. The van der Waals surface area contributed by atoms with E-state index < -0.39 is 11.5 Å². The molecule has 1 N–H and O–H groups in total.